The summed E-state index contributed by atoms with van der Waals surface area (Å²) in [5.74, 6) is -0.133. The molecule has 0 aromatic heterocycles. The van der Waals surface area contributed by atoms with E-state index in [1.807, 2.05) is 0 Å². The molecule has 190 valence electrons. The van der Waals surface area contributed by atoms with Crippen molar-refractivity contribution in [3.8, 4) is 0 Å². The van der Waals surface area contributed by atoms with Crippen molar-refractivity contribution in [3.05, 3.63) is 12.2 Å². The molecule has 0 aromatic carbocycles. The van der Waals surface area contributed by atoms with Crippen LogP contribution in [0.15, 0.2) is 12.2 Å². The van der Waals surface area contributed by atoms with E-state index < -0.39 is 31.0 Å². The van der Waals surface area contributed by atoms with Crippen LogP contribution in [0.5, 0.6) is 0 Å². The number of unbranched alkanes of at least 4 members (excludes halogenated alkanes) is 11. The molecule has 7 nitrogen and oxygen atoms in total. The second kappa shape index (κ2) is 20.6. The molecular weight excluding hydrogens is 410 g/mol. The Morgan fingerprint density at radius 1 is 0.750 bits per heavy atom. The molecule has 0 aliphatic carbocycles. The monoisotopic (exact) mass is 459 g/mol. The van der Waals surface area contributed by atoms with Gasteiger partial charge < -0.3 is 30.4 Å². The summed E-state index contributed by atoms with van der Waals surface area (Å²) in [6.07, 6.45) is 14.2. The Kier molecular flexibility index (Phi) is 20.0. The lowest BCUT2D eigenvalue weighted by molar-refractivity contribution is -0.138. The maximum Gasteiger partial charge on any atom is 0.222 e. The summed E-state index contributed by atoms with van der Waals surface area (Å²) in [4.78, 5) is 13.5. The highest BCUT2D eigenvalue weighted by molar-refractivity contribution is 5.75. The second-order valence-electron chi connectivity index (χ2n) is 8.91. The van der Waals surface area contributed by atoms with Gasteiger partial charge in [0.15, 0.2) is 0 Å². The minimum absolute atomic E-state index is 0.133. The van der Waals surface area contributed by atoms with Gasteiger partial charge in [-0.25, -0.2) is 0 Å². The van der Waals surface area contributed by atoms with Gasteiger partial charge in [-0.1, -0.05) is 70.4 Å². The first kappa shape index (κ1) is 31.0. The van der Waals surface area contributed by atoms with E-state index in [9.17, 15) is 25.2 Å². The number of hydrogen-bond acceptors (Lipinski definition) is 6. The van der Waals surface area contributed by atoms with Crippen molar-refractivity contribution >= 4 is 5.91 Å². The Balaban J connectivity index is 3.71. The van der Waals surface area contributed by atoms with Gasteiger partial charge in [-0.05, 0) is 32.1 Å². The third-order valence-electron chi connectivity index (χ3n) is 5.86. The fourth-order valence-electron chi connectivity index (χ4n) is 3.59. The van der Waals surface area contributed by atoms with E-state index in [0.717, 1.165) is 32.1 Å². The van der Waals surface area contributed by atoms with Crippen molar-refractivity contribution < 1.29 is 30.3 Å². The van der Waals surface area contributed by atoms with Gasteiger partial charge >= 0.3 is 0 Å². The van der Waals surface area contributed by atoms with E-state index in [1.165, 1.54) is 63.3 Å². The minimum Gasteiger partial charge on any atom is -0.394 e. The van der Waals surface area contributed by atoms with E-state index >= 15 is 0 Å². The number of amides is 1. The van der Waals surface area contributed by atoms with Crippen LogP contribution in [0, 0.1) is 0 Å². The zero-order valence-corrected chi connectivity index (χ0v) is 20.4. The van der Waals surface area contributed by atoms with Crippen LogP contribution >= 0.6 is 0 Å². The molecule has 0 heterocycles. The van der Waals surface area contributed by atoms with Crippen LogP contribution in [0.4, 0.5) is 0 Å². The standard InChI is InChI=1S/C25H49NO6/c1-3-4-5-6-7-8-9-10-11-12-13-14-15-16-17-18-23(30)26(2)19-21(28)24(31)25(32)22(29)20-27/h10-11,21-22,24-25,27-29,31-32H,3-9,12-20H2,1-2H3/b11-10-/t21-,22+,24+,25-/m0/s1. The highest BCUT2D eigenvalue weighted by Gasteiger charge is 2.31. The van der Waals surface area contributed by atoms with Crippen molar-refractivity contribution in [2.75, 3.05) is 20.2 Å². The highest BCUT2D eigenvalue weighted by Crippen LogP contribution is 2.11. The fourth-order valence-corrected chi connectivity index (χ4v) is 3.59. The lowest BCUT2D eigenvalue weighted by atomic mass is 10.0. The fraction of sp³-hybridized carbons (Fsp3) is 0.880. The molecule has 0 spiro atoms. The third kappa shape index (κ3) is 15.8. The Morgan fingerprint density at radius 2 is 1.22 bits per heavy atom. The van der Waals surface area contributed by atoms with E-state index in [2.05, 4.69) is 19.1 Å². The Hall–Kier alpha value is -0.990. The van der Waals surface area contributed by atoms with Gasteiger partial charge in [0, 0.05) is 20.0 Å². The lowest BCUT2D eigenvalue weighted by Crippen LogP contribution is -2.49. The molecule has 0 aromatic rings. The van der Waals surface area contributed by atoms with Crippen molar-refractivity contribution in [2.24, 2.45) is 0 Å². The number of rotatable bonds is 21. The van der Waals surface area contributed by atoms with Crippen LogP contribution in [-0.4, -0.2) is 81.0 Å². The smallest absolute Gasteiger partial charge is 0.222 e. The quantitative estimate of drug-likeness (QED) is 0.133. The summed E-state index contributed by atoms with van der Waals surface area (Å²) in [6.45, 7) is 1.36. The van der Waals surface area contributed by atoms with Gasteiger partial charge in [0.25, 0.3) is 0 Å². The van der Waals surface area contributed by atoms with E-state index in [4.69, 9.17) is 5.11 Å². The molecule has 1 amide bonds. The number of allylic oxidation sites excluding steroid dienone is 2. The normalized spacial score (nSPS) is 15.6. The number of carbonyl (C=O) groups excluding carboxylic acids is 1. The molecule has 7 heteroatoms. The van der Waals surface area contributed by atoms with Gasteiger partial charge in [-0.3, -0.25) is 4.79 Å². The number of aliphatic hydroxyl groups is 5. The Bertz CT molecular complexity index is 473. The predicted molar refractivity (Wildman–Crippen MR) is 128 cm³/mol. The zero-order valence-electron chi connectivity index (χ0n) is 20.4. The summed E-state index contributed by atoms with van der Waals surface area (Å²) < 4.78 is 0. The molecule has 0 bridgehead atoms. The molecule has 0 rings (SSSR count). The number of aliphatic hydroxyl groups excluding tert-OH is 5. The molecule has 0 aliphatic rings. The third-order valence-corrected chi connectivity index (χ3v) is 5.86. The first-order valence-electron chi connectivity index (χ1n) is 12.6. The van der Waals surface area contributed by atoms with Crippen LogP contribution in [0.3, 0.4) is 0 Å². The summed E-state index contributed by atoms with van der Waals surface area (Å²) >= 11 is 0. The summed E-state index contributed by atoms with van der Waals surface area (Å²) in [7, 11) is 1.53. The van der Waals surface area contributed by atoms with Gasteiger partial charge in [-0.2, -0.15) is 0 Å². The molecule has 0 fully saturated rings. The van der Waals surface area contributed by atoms with E-state index in [1.54, 1.807) is 0 Å². The minimum atomic E-state index is -1.68. The van der Waals surface area contributed by atoms with Crippen LogP contribution in [0.1, 0.15) is 96.8 Å². The molecular formula is C25H49NO6. The first-order chi connectivity index (χ1) is 15.3. The number of hydrogen-bond donors (Lipinski definition) is 5. The number of nitrogens with zero attached hydrogens (tertiary/aromatic N) is 1. The molecule has 0 aliphatic heterocycles. The Labute approximate surface area is 195 Å². The molecule has 32 heavy (non-hydrogen) atoms. The average Bonchev–Trinajstić information content (AvgIpc) is 2.79. The van der Waals surface area contributed by atoms with E-state index in [-0.39, 0.29) is 12.5 Å². The summed E-state index contributed by atoms with van der Waals surface area (Å²) in [6, 6.07) is 0. The topological polar surface area (TPSA) is 121 Å². The number of likely N-dealkylation sites (N-methyl/N-ethyl adjacent to an activating group) is 1. The van der Waals surface area contributed by atoms with E-state index in [0.29, 0.717) is 6.42 Å². The van der Waals surface area contributed by atoms with Crippen molar-refractivity contribution in [3.63, 3.8) is 0 Å². The molecule has 0 unspecified atom stereocenters. The predicted octanol–water partition coefficient (Wildman–Crippen LogP) is 2.92. The maximum atomic E-state index is 12.2. The maximum absolute atomic E-state index is 12.2. The SMILES string of the molecule is CCCCCCCC/C=C\CCCCCCCC(=O)N(C)C[C@H](O)[C@@H](O)[C@@H](O)[C@H](O)CO. The summed E-state index contributed by atoms with van der Waals surface area (Å²) in [5.41, 5.74) is 0. The molecule has 4 atom stereocenters. The average molecular weight is 460 g/mol. The van der Waals surface area contributed by atoms with Crippen LogP contribution in [0.2, 0.25) is 0 Å². The van der Waals surface area contributed by atoms with Gasteiger partial charge in [0.2, 0.25) is 5.91 Å². The van der Waals surface area contributed by atoms with Gasteiger partial charge in [-0.15, -0.1) is 0 Å². The van der Waals surface area contributed by atoms with Crippen LogP contribution in [0.25, 0.3) is 0 Å². The van der Waals surface area contributed by atoms with Crippen molar-refractivity contribution in [1.82, 2.24) is 4.90 Å². The van der Waals surface area contributed by atoms with Gasteiger partial charge in [0.1, 0.15) is 24.4 Å². The lowest BCUT2D eigenvalue weighted by Gasteiger charge is -2.28. The van der Waals surface area contributed by atoms with Crippen molar-refractivity contribution in [1.29, 1.82) is 0 Å². The largest absolute Gasteiger partial charge is 0.394 e. The summed E-state index contributed by atoms with van der Waals surface area (Å²) in [5, 5.41) is 47.5. The molecule has 0 saturated carbocycles. The molecule has 0 saturated heterocycles. The molecule has 5 N–H and O–H groups in total. The highest BCUT2D eigenvalue weighted by atomic mass is 16.4. The first-order valence-corrected chi connectivity index (χ1v) is 12.6. The zero-order chi connectivity index (χ0) is 24.2. The Morgan fingerprint density at radius 3 is 1.75 bits per heavy atom. The second-order valence-corrected chi connectivity index (χ2v) is 8.91. The van der Waals surface area contributed by atoms with Crippen LogP contribution in [-0.2, 0) is 4.79 Å². The molecule has 0 radical (unpaired) electrons. The van der Waals surface area contributed by atoms with Gasteiger partial charge in [0.05, 0.1) is 6.61 Å². The number of carbonyl (C=O) groups is 1. The van der Waals surface area contributed by atoms with Crippen molar-refractivity contribution in [2.45, 2.75) is 121 Å². The van der Waals surface area contributed by atoms with Crippen LogP contribution < -0.4 is 0 Å².